The van der Waals surface area contributed by atoms with E-state index in [9.17, 15) is 0 Å². The van der Waals surface area contributed by atoms with Gasteiger partial charge in [-0.3, -0.25) is 0 Å². The molecule has 0 bridgehead atoms. The van der Waals surface area contributed by atoms with Gasteiger partial charge in [0.25, 0.3) is 0 Å². The molecule has 0 aliphatic rings. The van der Waals surface area contributed by atoms with Gasteiger partial charge in [0.2, 0.25) is 0 Å². The Morgan fingerprint density at radius 3 is 2.42 bits per heavy atom. The Labute approximate surface area is 75.6 Å². The molecular formula is C10H17BO. The van der Waals surface area contributed by atoms with E-state index in [-0.39, 0.29) is 0 Å². The zero-order valence-electron chi connectivity index (χ0n) is 8.42. The number of rotatable bonds is 3. The molecule has 1 aromatic heterocycles. The lowest BCUT2D eigenvalue weighted by atomic mass is 9.96. The highest BCUT2D eigenvalue weighted by molar-refractivity contribution is 6.08. The molecule has 0 N–H and O–H groups in total. The lowest BCUT2D eigenvalue weighted by Crippen LogP contribution is -1.99. The van der Waals surface area contributed by atoms with Gasteiger partial charge in [-0.2, -0.15) is 0 Å². The molecule has 1 rings (SSSR count). The van der Waals surface area contributed by atoms with Crippen molar-refractivity contribution in [2.24, 2.45) is 5.92 Å². The fraction of sp³-hybridized carbons (Fsp3) is 0.600. The summed E-state index contributed by atoms with van der Waals surface area (Å²) in [7, 11) is 2.11. The molecule has 66 valence electrons. The minimum Gasteiger partial charge on any atom is -0.467 e. The van der Waals surface area contributed by atoms with E-state index in [1.54, 1.807) is 0 Å². The summed E-state index contributed by atoms with van der Waals surface area (Å²) < 4.78 is 5.66. The zero-order valence-corrected chi connectivity index (χ0v) is 8.42. The SMILES string of the molecule is BCc1ccc(C(C)C(C)C)o1. The molecule has 1 atom stereocenters. The maximum absolute atomic E-state index is 5.66. The van der Waals surface area contributed by atoms with Crippen LogP contribution in [0.15, 0.2) is 16.5 Å². The molecule has 0 amide bonds. The molecule has 0 aliphatic carbocycles. The predicted molar refractivity (Wildman–Crippen MR) is 54.2 cm³/mol. The van der Waals surface area contributed by atoms with E-state index in [0.717, 1.165) is 17.8 Å². The van der Waals surface area contributed by atoms with Crippen molar-refractivity contribution in [1.82, 2.24) is 0 Å². The van der Waals surface area contributed by atoms with Crippen molar-refractivity contribution in [3.8, 4) is 0 Å². The van der Waals surface area contributed by atoms with Crippen LogP contribution >= 0.6 is 0 Å². The molecule has 0 saturated heterocycles. The van der Waals surface area contributed by atoms with Gasteiger partial charge < -0.3 is 4.42 Å². The highest BCUT2D eigenvalue weighted by Crippen LogP contribution is 2.25. The molecule has 1 nitrogen and oxygen atoms in total. The molecular weight excluding hydrogens is 147 g/mol. The minimum absolute atomic E-state index is 0.533. The van der Waals surface area contributed by atoms with Gasteiger partial charge >= 0.3 is 0 Å². The first kappa shape index (κ1) is 9.43. The second-order valence-corrected chi connectivity index (χ2v) is 3.69. The van der Waals surface area contributed by atoms with Crippen LogP contribution in [0.1, 0.15) is 38.2 Å². The molecule has 0 saturated carbocycles. The molecule has 1 heterocycles. The van der Waals surface area contributed by atoms with Crippen molar-refractivity contribution in [3.05, 3.63) is 23.7 Å². The molecule has 0 fully saturated rings. The Balaban J connectivity index is 2.74. The summed E-state index contributed by atoms with van der Waals surface area (Å²) in [6.07, 6.45) is 0.991. The van der Waals surface area contributed by atoms with E-state index in [1.807, 2.05) is 0 Å². The van der Waals surface area contributed by atoms with E-state index >= 15 is 0 Å². The first-order valence-corrected chi connectivity index (χ1v) is 4.73. The van der Waals surface area contributed by atoms with Crippen LogP contribution in [0, 0.1) is 5.92 Å². The van der Waals surface area contributed by atoms with Crippen molar-refractivity contribution in [2.45, 2.75) is 33.0 Å². The summed E-state index contributed by atoms with van der Waals surface area (Å²) in [6.45, 7) is 6.65. The van der Waals surface area contributed by atoms with Crippen LogP contribution in [0.2, 0.25) is 0 Å². The predicted octanol–water partition coefficient (Wildman–Crippen LogP) is 2.17. The van der Waals surface area contributed by atoms with Gasteiger partial charge in [-0.25, -0.2) is 0 Å². The number of furan rings is 1. The summed E-state index contributed by atoms with van der Waals surface area (Å²) in [5, 5.41) is 0. The molecule has 2 heteroatoms. The van der Waals surface area contributed by atoms with Crippen molar-refractivity contribution in [1.29, 1.82) is 0 Å². The summed E-state index contributed by atoms with van der Waals surface area (Å²) in [6, 6.07) is 4.18. The summed E-state index contributed by atoms with van der Waals surface area (Å²) in [4.78, 5) is 0. The van der Waals surface area contributed by atoms with Crippen molar-refractivity contribution >= 4 is 7.85 Å². The van der Waals surface area contributed by atoms with Gasteiger partial charge in [-0.15, -0.1) is 0 Å². The second-order valence-electron chi connectivity index (χ2n) is 3.69. The molecule has 0 radical (unpaired) electrons. The van der Waals surface area contributed by atoms with E-state index in [0.29, 0.717) is 11.8 Å². The van der Waals surface area contributed by atoms with Crippen LogP contribution in [0.4, 0.5) is 0 Å². The van der Waals surface area contributed by atoms with Crippen LogP contribution in [0.3, 0.4) is 0 Å². The third-order valence-electron chi connectivity index (χ3n) is 2.48. The minimum atomic E-state index is 0.533. The monoisotopic (exact) mass is 164 g/mol. The fourth-order valence-electron chi connectivity index (χ4n) is 1.16. The molecule has 1 unspecified atom stereocenters. The van der Waals surface area contributed by atoms with Crippen LogP contribution in [-0.2, 0) is 6.32 Å². The first-order chi connectivity index (χ1) is 5.65. The maximum Gasteiger partial charge on any atom is 0.111 e. The van der Waals surface area contributed by atoms with Crippen molar-refractivity contribution in [2.75, 3.05) is 0 Å². The second kappa shape index (κ2) is 3.84. The number of hydrogen-bond donors (Lipinski definition) is 0. The quantitative estimate of drug-likeness (QED) is 0.624. The molecule has 12 heavy (non-hydrogen) atoms. The topological polar surface area (TPSA) is 13.1 Å². The van der Waals surface area contributed by atoms with E-state index < -0.39 is 0 Å². The van der Waals surface area contributed by atoms with Crippen LogP contribution in [-0.4, -0.2) is 7.85 Å². The van der Waals surface area contributed by atoms with Gasteiger partial charge in [-0.05, 0) is 24.4 Å². The van der Waals surface area contributed by atoms with Gasteiger partial charge in [0.1, 0.15) is 13.6 Å². The average molecular weight is 164 g/mol. The lowest BCUT2D eigenvalue weighted by Gasteiger charge is -2.11. The van der Waals surface area contributed by atoms with Crippen molar-refractivity contribution in [3.63, 3.8) is 0 Å². The molecule has 0 aromatic carbocycles. The van der Waals surface area contributed by atoms with Crippen LogP contribution in [0.25, 0.3) is 0 Å². The van der Waals surface area contributed by atoms with E-state index in [1.165, 1.54) is 0 Å². The highest BCUT2D eigenvalue weighted by Gasteiger charge is 2.13. The molecule has 0 spiro atoms. The normalized spacial score (nSPS) is 13.7. The summed E-state index contributed by atoms with van der Waals surface area (Å²) >= 11 is 0. The highest BCUT2D eigenvalue weighted by atomic mass is 16.3. The van der Waals surface area contributed by atoms with E-state index in [2.05, 4.69) is 40.8 Å². The standard InChI is InChI=1S/C10H17BO/c1-7(2)8(3)10-5-4-9(6-11)12-10/h4-5,7-8H,6,11H2,1-3H3. The van der Waals surface area contributed by atoms with Gasteiger partial charge in [-0.1, -0.05) is 20.8 Å². The van der Waals surface area contributed by atoms with Gasteiger partial charge in [0.05, 0.1) is 5.76 Å². The third-order valence-corrected chi connectivity index (χ3v) is 2.48. The Hall–Kier alpha value is -0.655. The molecule has 0 aliphatic heterocycles. The average Bonchev–Trinajstić information content (AvgIpc) is 2.50. The van der Waals surface area contributed by atoms with Gasteiger partial charge in [0.15, 0.2) is 0 Å². The maximum atomic E-state index is 5.66. The number of hydrogen-bond acceptors (Lipinski definition) is 1. The van der Waals surface area contributed by atoms with Crippen molar-refractivity contribution < 1.29 is 4.42 Å². The largest absolute Gasteiger partial charge is 0.467 e. The fourth-order valence-corrected chi connectivity index (χ4v) is 1.16. The third kappa shape index (κ3) is 1.93. The smallest absolute Gasteiger partial charge is 0.111 e. The Morgan fingerprint density at radius 2 is 2.00 bits per heavy atom. The van der Waals surface area contributed by atoms with Crippen LogP contribution < -0.4 is 0 Å². The Morgan fingerprint density at radius 1 is 1.33 bits per heavy atom. The van der Waals surface area contributed by atoms with E-state index in [4.69, 9.17) is 4.42 Å². The first-order valence-electron chi connectivity index (χ1n) is 4.73. The Kier molecular flexibility index (Phi) is 3.02. The Bertz CT molecular complexity index is 240. The lowest BCUT2D eigenvalue weighted by molar-refractivity contribution is 0.400. The summed E-state index contributed by atoms with van der Waals surface area (Å²) in [5.41, 5.74) is 0. The summed E-state index contributed by atoms with van der Waals surface area (Å²) in [5.74, 6) is 3.41. The molecule has 1 aromatic rings. The zero-order chi connectivity index (χ0) is 9.14. The van der Waals surface area contributed by atoms with Crippen LogP contribution in [0.5, 0.6) is 0 Å². The van der Waals surface area contributed by atoms with Gasteiger partial charge in [0, 0.05) is 5.92 Å².